The summed E-state index contributed by atoms with van der Waals surface area (Å²) in [6, 6.07) is 6.29. The zero-order chi connectivity index (χ0) is 15.2. The van der Waals surface area contributed by atoms with Gasteiger partial charge in [0.1, 0.15) is 5.75 Å². The number of nitrogens with one attached hydrogen (secondary N) is 2. The number of hydrogen-bond acceptors (Lipinski definition) is 6. The summed E-state index contributed by atoms with van der Waals surface area (Å²) in [5, 5.41) is 13.6. The van der Waals surface area contributed by atoms with Crippen LogP contribution in [0.15, 0.2) is 28.7 Å². The number of para-hydroxylation sites is 2. The topological polar surface area (TPSA) is 72.2 Å². The quantitative estimate of drug-likeness (QED) is 0.818. The molecule has 0 radical (unpaired) electrons. The molecule has 114 valence electrons. The van der Waals surface area contributed by atoms with Gasteiger partial charge in [0.05, 0.1) is 11.7 Å². The highest BCUT2D eigenvalue weighted by Crippen LogP contribution is 2.28. The van der Waals surface area contributed by atoms with E-state index in [2.05, 4.69) is 25.6 Å². The third-order valence-corrected chi connectivity index (χ3v) is 2.67. The fourth-order valence-corrected chi connectivity index (χ4v) is 1.74. The third-order valence-electron chi connectivity index (χ3n) is 2.67. The Kier molecular flexibility index (Phi) is 5.04. The van der Waals surface area contributed by atoms with Gasteiger partial charge >= 0.3 is 12.6 Å². The number of aromatic nitrogens is 2. The van der Waals surface area contributed by atoms with Gasteiger partial charge in [0.15, 0.2) is 0 Å². The number of nitrogens with zero attached hydrogens (tertiary/aromatic N) is 2. The first-order valence-corrected chi connectivity index (χ1v) is 6.47. The van der Waals surface area contributed by atoms with Crippen molar-refractivity contribution >= 4 is 11.7 Å². The minimum atomic E-state index is -2.90. The molecular formula is C13H16F2N4O2. The Morgan fingerprint density at radius 2 is 2.05 bits per heavy atom. The van der Waals surface area contributed by atoms with Crippen molar-refractivity contribution in [2.45, 2.75) is 26.5 Å². The average molecular weight is 298 g/mol. The van der Waals surface area contributed by atoms with Gasteiger partial charge in [0.25, 0.3) is 0 Å². The lowest BCUT2D eigenvalue weighted by Gasteiger charge is -2.10. The van der Waals surface area contributed by atoms with E-state index in [1.54, 1.807) is 18.2 Å². The molecule has 0 saturated carbocycles. The predicted octanol–water partition coefficient (Wildman–Crippen LogP) is 3.09. The molecule has 0 amide bonds. The summed E-state index contributed by atoms with van der Waals surface area (Å²) in [5.74, 6) is 0.415. The van der Waals surface area contributed by atoms with Gasteiger partial charge in [-0.05, 0) is 25.6 Å². The maximum absolute atomic E-state index is 12.3. The maximum atomic E-state index is 12.3. The standard InChI is InChI=1S/C13H16F2N4O2/c1-3-16-8(2)11-18-19-13(21-11)17-9-6-4-5-7-10(9)20-12(14)15/h4-8,12,16H,3H2,1-2H3,(H,17,19). The van der Waals surface area contributed by atoms with Crippen molar-refractivity contribution < 1.29 is 17.9 Å². The molecule has 0 aliphatic heterocycles. The molecular weight excluding hydrogens is 282 g/mol. The molecule has 0 fully saturated rings. The van der Waals surface area contributed by atoms with Crippen LogP contribution >= 0.6 is 0 Å². The molecule has 0 aliphatic carbocycles. The van der Waals surface area contributed by atoms with E-state index in [1.807, 2.05) is 13.8 Å². The Labute approximate surface area is 120 Å². The third kappa shape index (κ3) is 4.12. The number of hydrogen-bond donors (Lipinski definition) is 2. The van der Waals surface area contributed by atoms with Crippen molar-refractivity contribution in [2.75, 3.05) is 11.9 Å². The highest BCUT2D eigenvalue weighted by Gasteiger charge is 2.15. The first-order valence-electron chi connectivity index (χ1n) is 6.47. The van der Waals surface area contributed by atoms with E-state index in [1.165, 1.54) is 6.07 Å². The van der Waals surface area contributed by atoms with Crippen LogP contribution in [0.2, 0.25) is 0 Å². The van der Waals surface area contributed by atoms with Crippen molar-refractivity contribution in [3.63, 3.8) is 0 Å². The highest BCUT2D eigenvalue weighted by molar-refractivity contribution is 5.61. The van der Waals surface area contributed by atoms with Crippen LogP contribution in [0.5, 0.6) is 5.75 Å². The van der Waals surface area contributed by atoms with Gasteiger partial charge in [-0.1, -0.05) is 24.2 Å². The Balaban J connectivity index is 2.11. The summed E-state index contributed by atoms with van der Waals surface area (Å²) in [5.41, 5.74) is 0.323. The second kappa shape index (κ2) is 6.98. The molecule has 1 unspecified atom stereocenters. The number of ether oxygens (including phenoxy) is 1. The van der Waals surface area contributed by atoms with Crippen molar-refractivity contribution in [1.29, 1.82) is 0 Å². The molecule has 0 bridgehead atoms. The molecule has 2 N–H and O–H groups in total. The lowest BCUT2D eigenvalue weighted by Crippen LogP contribution is -2.17. The van der Waals surface area contributed by atoms with Gasteiger partial charge in [-0.15, -0.1) is 5.10 Å². The zero-order valence-electron chi connectivity index (χ0n) is 11.6. The van der Waals surface area contributed by atoms with Crippen LogP contribution in [-0.4, -0.2) is 23.4 Å². The Morgan fingerprint density at radius 1 is 1.29 bits per heavy atom. The Morgan fingerprint density at radius 3 is 2.76 bits per heavy atom. The van der Waals surface area contributed by atoms with Crippen LogP contribution in [0, 0.1) is 0 Å². The van der Waals surface area contributed by atoms with Gasteiger partial charge in [0, 0.05) is 0 Å². The van der Waals surface area contributed by atoms with Crippen molar-refractivity contribution in [3.8, 4) is 5.75 Å². The van der Waals surface area contributed by atoms with Gasteiger partial charge in [-0.25, -0.2) is 0 Å². The first kappa shape index (κ1) is 15.2. The molecule has 21 heavy (non-hydrogen) atoms. The van der Waals surface area contributed by atoms with Crippen molar-refractivity contribution in [2.24, 2.45) is 0 Å². The molecule has 1 aromatic carbocycles. The Hall–Kier alpha value is -2.22. The number of rotatable bonds is 7. The van der Waals surface area contributed by atoms with Crippen molar-refractivity contribution in [3.05, 3.63) is 30.2 Å². The van der Waals surface area contributed by atoms with E-state index < -0.39 is 6.61 Å². The van der Waals surface area contributed by atoms with Gasteiger partial charge in [-0.2, -0.15) is 8.78 Å². The second-order valence-electron chi connectivity index (χ2n) is 4.22. The fraction of sp³-hybridized carbons (Fsp3) is 0.385. The van der Waals surface area contributed by atoms with E-state index in [9.17, 15) is 8.78 Å². The lowest BCUT2D eigenvalue weighted by molar-refractivity contribution is -0.0493. The second-order valence-corrected chi connectivity index (χ2v) is 4.22. The summed E-state index contributed by atoms with van der Waals surface area (Å²) < 4.78 is 34.5. The molecule has 8 heteroatoms. The summed E-state index contributed by atoms with van der Waals surface area (Å²) in [7, 11) is 0. The molecule has 2 rings (SSSR count). The molecule has 1 atom stereocenters. The molecule has 1 heterocycles. The van der Waals surface area contributed by atoms with Crippen LogP contribution in [0.25, 0.3) is 0 Å². The van der Waals surface area contributed by atoms with E-state index >= 15 is 0 Å². The van der Waals surface area contributed by atoms with Crippen LogP contribution in [0.4, 0.5) is 20.5 Å². The number of anilines is 2. The van der Waals surface area contributed by atoms with Gasteiger partial charge in [-0.3, -0.25) is 0 Å². The maximum Gasteiger partial charge on any atom is 0.387 e. The van der Waals surface area contributed by atoms with Gasteiger partial charge < -0.3 is 19.8 Å². The average Bonchev–Trinajstić information content (AvgIpc) is 2.89. The summed E-state index contributed by atoms with van der Waals surface area (Å²) in [4.78, 5) is 0. The number of benzene rings is 1. The monoisotopic (exact) mass is 298 g/mol. The summed E-state index contributed by atoms with van der Waals surface area (Å²) in [6.45, 7) is 1.70. The minimum Gasteiger partial charge on any atom is -0.433 e. The predicted molar refractivity (Wildman–Crippen MR) is 72.7 cm³/mol. The normalized spacial score (nSPS) is 12.4. The lowest BCUT2D eigenvalue weighted by atomic mass is 10.3. The smallest absolute Gasteiger partial charge is 0.387 e. The van der Waals surface area contributed by atoms with Gasteiger partial charge in [0.2, 0.25) is 5.89 Å². The fourth-order valence-electron chi connectivity index (χ4n) is 1.74. The highest BCUT2D eigenvalue weighted by atomic mass is 19.3. The minimum absolute atomic E-state index is 0.00646. The van der Waals surface area contributed by atoms with E-state index in [-0.39, 0.29) is 17.8 Å². The Bertz CT molecular complexity index is 577. The number of alkyl halides is 2. The summed E-state index contributed by atoms with van der Waals surface area (Å²) >= 11 is 0. The zero-order valence-corrected chi connectivity index (χ0v) is 11.6. The molecule has 2 aromatic rings. The first-order chi connectivity index (χ1) is 10.1. The van der Waals surface area contributed by atoms with Crippen molar-refractivity contribution in [1.82, 2.24) is 15.5 Å². The molecule has 0 saturated heterocycles. The van der Waals surface area contributed by atoms with Crippen LogP contribution in [0.1, 0.15) is 25.8 Å². The van der Waals surface area contributed by atoms with Crippen LogP contribution < -0.4 is 15.4 Å². The molecule has 0 spiro atoms. The summed E-state index contributed by atoms with van der Waals surface area (Å²) in [6.07, 6.45) is 0. The SMILES string of the molecule is CCNC(C)c1nnc(Nc2ccccc2OC(F)F)o1. The largest absolute Gasteiger partial charge is 0.433 e. The van der Waals surface area contributed by atoms with Crippen LogP contribution in [0.3, 0.4) is 0 Å². The van der Waals surface area contributed by atoms with E-state index in [0.717, 1.165) is 6.54 Å². The van der Waals surface area contributed by atoms with E-state index in [4.69, 9.17) is 4.42 Å². The molecule has 6 nitrogen and oxygen atoms in total. The molecule has 0 aliphatic rings. The van der Waals surface area contributed by atoms with E-state index in [0.29, 0.717) is 11.6 Å². The molecule has 1 aromatic heterocycles. The van der Waals surface area contributed by atoms with Crippen LogP contribution in [-0.2, 0) is 0 Å². The number of halogens is 2.